The number of piperidine rings is 2. The number of likely N-dealkylation sites (N-methyl/N-ethyl adjacent to an activating group) is 1. The summed E-state index contributed by atoms with van der Waals surface area (Å²) in [5, 5.41) is 10.9. The zero-order chi connectivity index (χ0) is 38.9. The van der Waals surface area contributed by atoms with Crippen LogP contribution in [0.25, 0.3) is 11.0 Å². The van der Waals surface area contributed by atoms with Crippen molar-refractivity contribution in [2.45, 2.75) is 62.6 Å². The van der Waals surface area contributed by atoms with Gasteiger partial charge in [-0.05, 0) is 55.9 Å². The Morgan fingerprint density at radius 3 is 2.67 bits per heavy atom. The van der Waals surface area contributed by atoms with E-state index in [0.29, 0.717) is 55.8 Å². The van der Waals surface area contributed by atoms with Crippen molar-refractivity contribution in [3.8, 4) is 5.75 Å². The van der Waals surface area contributed by atoms with Crippen LogP contribution in [0.2, 0.25) is 0 Å². The molecule has 17 heteroatoms. The summed E-state index contributed by atoms with van der Waals surface area (Å²) in [7, 11) is 1.83. The molecular formula is C40H45N11O6. The minimum atomic E-state index is -0.679. The van der Waals surface area contributed by atoms with Crippen LogP contribution < -0.4 is 30.9 Å². The lowest BCUT2D eigenvalue weighted by Gasteiger charge is -2.47. The maximum atomic E-state index is 12.7. The minimum Gasteiger partial charge on any atom is -0.489 e. The Morgan fingerprint density at radius 1 is 0.965 bits per heavy atom. The van der Waals surface area contributed by atoms with E-state index < -0.39 is 11.8 Å². The molecule has 4 aromatic rings. The SMILES string of the molecule is CN1CCN([C@@H]2CCCN(c3cnc(C(N)=O)c(Nc4ccc5c(c4)OC[C@H]4CN([C@@H]6Cc7ccc8c(C9CCC(=O)NC9=O)noc8c7C6)CCN54)n3)C2)C1=O. The molecule has 2 aromatic carbocycles. The van der Waals surface area contributed by atoms with E-state index >= 15 is 0 Å². The average Bonchev–Trinajstić information content (AvgIpc) is 3.94. The van der Waals surface area contributed by atoms with Crippen LogP contribution in [0.3, 0.4) is 0 Å². The summed E-state index contributed by atoms with van der Waals surface area (Å²) in [4.78, 5) is 69.6. The number of benzene rings is 2. The van der Waals surface area contributed by atoms with E-state index in [1.54, 1.807) is 11.1 Å². The number of hydrogen-bond acceptors (Lipinski definition) is 13. The third kappa shape index (κ3) is 6.24. The van der Waals surface area contributed by atoms with Gasteiger partial charge >= 0.3 is 6.03 Å². The Kier molecular flexibility index (Phi) is 8.64. The molecule has 4 fully saturated rings. The van der Waals surface area contributed by atoms with E-state index in [0.717, 1.165) is 86.4 Å². The number of anilines is 4. The summed E-state index contributed by atoms with van der Waals surface area (Å²) < 4.78 is 12.3. The fourth-order valence-corrected chi connectivity index (χ4v) is 9.72. The minimum absolute atomic E-state index is 0.0475. The Balaban J connectivity index is 0.811. The third-order valence-corrected chi connectivity index (χ3v) is 12.7. The van der Waals surface area contributed by atoms with Gasteiger partial charge in [-0.25, -0.2) is 14.8 Å². The number of fused-ring (bicyclic) bond motifs is 6. The number of carbonyl (C=O) groups excluding carboxylic acids is 4. The Morgan fingerprint density at radius 2 is 1.84 bits per heavy atom. The first-order chi connectivity index (χ1) is 27.7. The van der Waals surface area contributed by atoms with Crippen molar-refractivity contribution >= 4 is 57.7 Å². The lowest BCUT2D eigenvalue weighted by molar-refractivity contribution is -0.134. The molecule has 10 rings (SSSR count). The molecule has 5 aliphatic heterocycles. The summed E-state index contributed by atoms with van der Waals surface area (Å²) in [5.41, 5.74) is 11.3. The lowest BCUT2D eigenvalue weighted by Crippen LogP contribution is -2.59. The van der Waals surface area contributed by atoms with Gasteiger partial charge in [0.25, 0.3) is 5.91 Å². The van der Waals surface area contributed by atoms with Crippen molar-refractivity contribution < 1.29 is 28.4 Å². The second-order valence-corrected chi connectivity index (χ2v) is 16.1. The number of primary amides is 1. The fourth-order valence-electron chi connectivity index (χ4n) is 9.72. The monoisotopic (exact) mass is 775 g/mol. The number of imide groups is 1. The van der Waals surface area contributed by atoms with Crippen LogP contribution in [0.15, 0.2) is 41.1 Å². The normalized spacial score (nSPS) is 25.0. The highest BCUT2D eigenvalue weighted by molar-refractivity contribution is 6.02. The molecule has 57 heavy (non-hydrogen) atoms. The van der Waals surface area contributed by atoms with E-state index in [-0.39, 0.29) is 41.4 Å². The van der Waals surface area contributed by atoms with Crippen molar-refractivity contribution in [1.82, 2.24) is 35.1 Å². The summed E-state index contributed by atoms with van der Waals surface area (Å²) in [6.07, 6.45) is 5.89. The zero-order valence-corrected chi connectivity index (χ0v) is 31.8. The van der Waals surface area contributed by atoms with Crippen molar-refractivity contribution in [3.05, 3.63) is 59.0 Å². The van der Waals surface area contributed by atoms with Crippen molar-refractivity contribution in [3.63, 3.8) is 0 Å². The highest BCUT2D eigenvalue weighted by Crippen LogP contribution is 2.41. The standard InChI is InChI=1S/C40H45N11O6/c1-47-11-13-51(40(47)55)24-3-2-10-49(19-24)32-18-42-35(37(41)53)38(44-32)43-23-5-8-30-31(16-23)56-21-26-20-48(12-14-50(26)30)25-15-22-4-6-27-34(46-57-36(27)29(22)17-25)28-7-9-33(52)45-39(28)54/h4-6,8,16,18,24-26,28H,2-3,7,9-15,17,19-21H2,1H3,(H2,41,53)(H,43,44)(H,45,52,54)/t24-,25-,26-,28?/m1/s1. The molecule has 2 aromatic heterocycles. The van der Waals surface area contributed by atoms with Crippen LogP contribution in [-0.2, 0) is 22.4 Å². The van der Waals surface area contributed by atoms with Crippen LogP contribution in [0.1, 0.15) is 58.9 Å². The number of nitrogens with zero attached hydrogens (tertiary/aromatic N) is 8. The largest absolute Gasteiger partial charge is 0.489 e. The molecule has 296 valence electrons. The van der Waals surface area contributed by atoms with Gasteiger partial charge in [0.2, 0.25) is 11.8 Å². The van der Waals surface area contributed by atoms with Gasteiger partial charge in [0.05, 0.1) is 29.9 Å². The molecule has 0 saturated carbocycles. The van der Waals surface area contributed by atoms with Crippen LogP contribution >= 0.6 is 0 Å². The van der Waals surface area contributed by atoms with Gasteiger partial charge in [-0.3, -0.25) is 24.6 Å². The molecule has 0 radical (unpaired) electrons. The van der Waals surface area contributed by atoms with Gasteiger partial charge in [-0.1, -0.05) is 11.2 Å². The van der Waals surface area contributed by atoms with Gasteiger partial charge in [-0.2, -0.15) is 0 Å². The predicted octanol–water partition coefficient (Wildman–Crippen LogP) is 2.37. The predicted molar refractivity (Wildman–Crippen MR) is 209 cm³/mol. The zero-order valence-electron chi connectivity index (χ0n) is 31.8. The van der Waals surface area contributed by atoms with Gasteiger partial charge in [-0.15, -0.1) is 0 Å². The highest BCUT2D eigenvalue weighted by Gasteiger charge is 2.40. The van der Waals surface area contributed by atoms with Crippen LogP contribution in [0, 0.1) is 0 Å². The number of aromatic nitrogens is 3. The molecule has 4 atom stereocenters. The maximum Gasteiger partial charge on any atom is 0.320 e. The van der Waals surface area contributed by atoms with E-state index in [4.69, 9.17) is 20.0 Å². The number of urea groups is 1. The summed E-state index contributed by atoms with van der Waals surface area (Å²) in [5.74, 6) is -0.0858. The summed E-state index contributed by atoms with van der Waals surface area (Å²) in [6, 6.07) is 10.7. The topological polar surface area (TPSA) is 196 Å². The number of piperazine rings is 1. The van der Waals surface area contributed by atoms with Crippen molar-refractivity contribution in [2.75, 3.05) is 74.6 Å². The first kappa shape index (κ1) is 35.4. The molecule has 1 unspecified atom stereocenters. The number of nitrogens with two attached hydrogens (primary N) is 1. The molecule has 7 heterocycles. The van der Waals surface area contributed by atoms with E-state index in [1.165, 1.54) is 5.56 Å². The highest BCUT2D eigenvalue weighted by atomic mass is 16.5. The van der Waals surface area contributed by atoms with Gasteiger partial charge in [0.1, 0.15) is 23.9 Å². The van der Waals surface area contributed by atoms with Crippen LogP contribution in [0.4, 0.5) is 27.8 Å². The summed E-state index contributed by atoms with van der Waals surface area (Å²) >= 11 is 0. The number of rotatable bonds is 7. The Labute approximate surface area is 328 Å². The number of amides is 5. The number of hydrogen-bond donors (Lipinski definition) is 3. The number of nitrogens with one attached hydrogen (secondary N) is 2. The maximum absolute atomic E-state index is 12.7. The van der Waals surface area contributed by atoms with E-state index in [2.05, 4.69) is 41.5 Å². The molecule has 4 saturated heterocycles. The smallest absolute Gasteiger partial charge is 0.320 e. The first-order valence-electron chi connectivity index (χ1n) is 19.9. The molecule has 5 amide bonds. The number of ether oxygens (including phenoxy) is 1. The van der Waals surface area contributed by atoms with Gasteiger partial charge in [0.15, 0.2) is 17.1 Å². The fraction of sp³-hybridized carbons (Fsp3) is 0.475. The lowest BCUT2D eigenvalue weighted by atomic mass is 9.92. The second-order valence-electron chi connectivity index (χ2n) is 16.1. The molecular weight excluding hydrogens is 731 g/mol. The van der Waals surface area contributed by atoms with E-state index in [1.807, 2.05) is 36.2 Å². The molecule has 0 spiro atoms. The van der Waals surface area contributed by atoms with Gasteiger partial charge < -0.3 is 39.9 Å². The number of carbonyl (C=O) groups is 4. The average molecular weight is 776 g/mol. The molecule has 6 aliphatic rings. The quantitative estimate of drug-likeness (QED) is 0.232. The molecule has 4 N–H and O–H groups in total. The van der Waals surface area contributed by atoms with Crippen molar-refractivity contribution in [2.24, 2.45) is 5.73 Å². The van der Waals surface area contributed by atoms with E-state index in [9.17, 15) is 19.2 Å². The molecule has 0 bridgehead atoms. The first-order valence-corrected chi connectivity index (χ1v) is 19.9. The molecule has 17 nitrogen and oxygen atoms in total. The van der Waals surface area contributed by atoms with Gasteiger partial charge in [0, 0.05) is 88.0 Å². The summed E-state index contributed by atoms with van der Waals surface area (Å²) in [6.45, 7) is 5.95. The van der Waals surface area contributed by atoms with Crippen LogP contribution in [0.5, 0.6) is 5.75 Å². The third-order valence-electron chi connectivity index (χ3n) is 12.7. The van der Waals surface area contributed by atoms with Crippen LogP contribution in [-0.4, -0.2) is 131 Å². The Bertz CT molecular complexity index is 2310. The second kappa shape index (κ2) is 13.9. The Hall–Kier alpha value is -5.97. The van der Waals surface area contributed by atoms with Crippen molar-refractivity contribution in [1.29, 1.82) is 0 Å². The molecule has 1 aliphatic carbocycles.